The lowest BCUT2D eigenvalue weighted by Gasteiger charge is -2.27. The van der Waals surface area contributed by atoms with Crippen LogP contribution in [0.5, 0.6) is 11.5 Å². The van der Waals surface area contributed by atoms with Crippen molar-refractivity contribution in [1.29, 1.82) is 0 Å². The van der Waals surface area contributed by atoms with Gasteiger partial charge in [0.2, 0.25) is 0 Å². The Morgan fingerprint density at radius 1 is 0.958 bits per heavy atom. The molecule has 1 aliphatic heterocycles. The summed E-state index contributed by atoms with van der Waals surface area (Å²) in [6, 6.07) is 19.1. The predicted octanol–water partition coefficient (Wildman–Crippen LogP) is 4.74. The molecule has 1 aliphatic rings. The van der Waals surface area contributed by atoms with Gasteiger partial charge in [0.15, 0.2) is 0 Å². The van der Waals surface area contributed by atoms with Crippen molar-refractivity contribution in [3.63, 3.8) is 0 Å². The van der Waals surface area contributed by atoms with Crippen molar-refractivity contribution in [2.45, 2.75) is 13.0 Å². The number of hydrogen-bond donors (Lipinski definition) is 0. The lowest BCUT2D eigenvalue weighted by atomic mass is 10.1. The number of hydrogen-bond acceptors (Lipinski definition) is 3. The van der Waals surface area contributed by atoms with Crippen LogP contribution in [0.2, 0.25) is 0 Å². The van der Waals surface area contributed by atoms with Gasteiger partial charge in [-0.1, -0.05) is 18.2 Å². The highest BCUT2D eigenvalue weighted by atomic mass is 32.1. The molecule has 0 radical (unpaired) electrons. The Hall–Kier alpha value is -2.59. The summed E-state index contributed by atoms with van der Waals surface area (Å²) in [6.45, 7) is 1.49. The zero-order valence-corrected chi connectivity index (χ0v) is 14.0. The van der Waals surface area contributed by atoms with Crippen LogP contribution < -0.4 is 4.74 Å². The van der Waals surface area contributed by atoms with Crippen LogP contribution in [0, 0.1) is 0 Å². The van der Waals surface area contributed by atoms with Gasteiger partial charge in [-0.15, -0.1) is 11.3 Å². The minimum atomic E-state index is 0.0816. The predicted molar refractivity (Wildman–Crippen MR) is 95.7 cm³/mol. The second kappa shape index (κ2) is 6.49. The number of thiophene rings is 1. The largest absolute Gasteiger partial charge is 0.457 e. The van der Waals surface area contributed by atoms with Crippen molar-refractivity contribution in [1.82, 2.24) is 4.90 Å². The number of para-hydroxylation sites is 1. The standard InChI is InChI=1S/C20H17NO2S/c22-20(21-12-10-19-16(14-21)11-13-24-19)15-6-8-18(9-7-15)23-17-4-2-1-3-5-17/h1-9,11,13H,10,12,14H2. The van der Waals surface area contributed by atoms with Crippen LogP contribution in [0.25, 0.3) is 0 Å². The first-order chi connectivity index (χ1) is 11.8. The molecule has 0 aliphatic carbocycles. The number of ether oxygens (including phenoxy) is 1. The molecule has 1 amide bonds. The van der Waals surface area contributed by atoms with Crippen LogP contribution in [0.4, 0.5) is 0 Å². The Labute approximate surface area is 145 Å². The van der Waals surface area contributed by atoms with Gasteiger partial charge >= 0.3 is 0 Å². The van der Waals surface area contributed by atoms with Crippen molar-refractivity contribution >= 4 is 17.2 Å². The smallest absolute Gasteiger partial charge is 0.254 e. The number of benzene rings is 2. The lowest BCUT2D eigenvalue weighted by molar-refractivity contribution is 0.0736. The third kappa shape index (κ3) is 3.05. The minimum Gasteiger partial charge on any atom is -0.457 e. The van der Waals surface area contributed by atoms with Crippen LogP contribution in [-0.2, 0) is 13.0 Å². The quantitative estimate of drug-likeness (QED) is 0.692. The van der Waals surface area contributed by atoms with Crippen molar-refractivity contribution in [2.75, 3.05) is 6.54 Å². The molecule has 0 bridgehead atoms. The van der Waals surface area contributed by atoms with Gasteiger partial charge < -0.3 is 9.64 Å². The van der Waals surface area contributed by atoms with E-state index in [0.29, 0.717) is 12.1 Å². The highest BCUT2D eigenvalue weighted by Gasteiger charge is 2.22. The number of rotatable bonds is 3. The van der Waals surface area contributed by atoms with Gasteiger partial charge in [-0.05, 0) is 59.8 Å². The maximum atomic E-state index is 12.7. The Kier molecular flexibility index (Phi) is 4.05. The van der Waals surface area contributed by atoms with E-state index >= 15 is 0 Å². The van der Waals surface area contributed by atoms with E-state index < -0.39 is 0 Å². The number of fused-ring (bicyclic) bond motifs is 1. The Morgan fingerprint density at radius 3 is 2.50 bits per heavy atom. The fraction of sp³-hybridized carbons (Fsp3) is 0.150. The first-order valence-electron chi connectivity index (χ1n) is 7.97. The number of amides is 1. The summed E-state index contributed by atoms with van der Waals surface area (Å²) in [5.41, 5.74) is 1.98. The highest BCUT2D eigenvalue weighted by molar-refractivity contribution is 7.10. The van der Waals surface area contributed by atoms with Gasteiger partial charge in [-0.25, -0.2) is 0 Å². The number of carbonyl (C=O) groups excluding carboxylic acids is 1. The van der Waals surface area contributed by atoms with E-state index in [1.165, 1.54) is 10.4 Å². The SMILES string of the molecule is O=C(c1ccc(Oc2ccccc2)cc1)N1CCc2sccc2C1. The van der Waals surface area contributed by atoms with Crippen molar-refractivity contribution in [2.24, 2.45) is 0 Å². The van der Waals surface area contributed by atoms with Crippen molar-refractivity contribution in [3.05, 3.63) is 82.0 Å². The molecule has 0 unspecified atom stereocenters. The summed E-state index contributed by atoms with van der Waals surface area (Å²) < 4.78 is 5.77. The third-order valence-electron chi connectivity index (χ3n) is 4.18. The molecule has 1 aromatic heterocycles. The molecule has 3 aromatic rings. The normalized spacial score (nSPS) is 13.4. The van der Waals surface area contributed by atoms with E-state index in [2.05, 4.69) is 11.4 Å². The Balaban J connectivity index is 1.46. The van der Waals surface area contributed by atoms with E-state index in [4.69, 9.17) is 4.74 Å². The molecule has 120 valence electrons. The van der Waals surface area contributed by atoms with Gasteiger partial charge in [-0.2, -0.15) is 0 Å². The molecule has 0 saturated carbocycles. The minimum absolute atomic E-state index is 0.0816. The summed E-state index contributed by atoms with van der Waals surface area (Å²) in [6.07, 6.45) is 0.952. The summed E-state index contributed by atoms with van der Waals surface area (Å²) in [4.78, 5) is 16.0. The fourth-order valence-electron chi connectivity index (χ4n) is 2.89. The van der Waals surface area contributed by atoms with Crippen molar-refractivity contribution < 1.29 is 9.53 Å². The van der Waals surface area contributed by atoms with Crippen LogP contribution in [0.15, 0.2) is 66.0 Å². The van der Waals surface area contributed by atoms with E-state index in [9.17, 15) is 4.79 Å². The Morgan fingerprint density at radius 2 is 1.71 bits per heavy atom. The summed E-state index contributed by atoms with van der Waals surface area (Å²) >= 11 is 1.78. The molecule has 0 atom stereocenters. The molecule has 0 N–H and O–H groups in total. The van der Waals surface area contributed by atoms with Crippen LogP contribution in [0.3, 0.4) is 0 Å². The van der Waals surface area contributed by atoms with Gasteiger partial charge in [0, 0.05) is 23.5 Å². The second-order valence-electron chi connectivity index (χ2n) is 5.79. The van der Waals surface area contributed by atoms with E-state index in [0.717, 1.165) is 24.5 Å². The maximum absolute atomic E-state index is 12.7. The molecule has 0 spiro atoms. The summed E-state index contributed by atoms with van der Waals surface area (Å²) in [5, 5.41) is 2.11. The maximum Gasteiger partial charge on any atom is 0.254 e. The molecular weight excluding hydrogens is 318 g/mol. The molecule has 2 aromatic carbocycles. The molecule has 2 heterocycles. The summed E-state index contributed by atoms with van der Waals surface area (Å²) in [5.74, 6) is 1.60. The molecular formula is C20H17NO2S. The number of carbonyl (C=O) groups is 1. The van der Waals surface area contributed by atoms with Gasteiger partial charge in [0.1, 0.15) is 11.5 Å². The zero-order chi connectivity index (χ0) is 16.4. The molecule has 3 nitrogen and oxygen atoms in total. The third-order valence-corrected chi connectivity index (χ3v) is 5.20. The second-order valence-corrected chi connectivity index (χ2v) is 6.79. The average molecular weight is 335 g/mol. The van der Waals surface area contributed by atoms with Crippen LogP contribution in [0.1, 0.15) is 20.8 Å². The van der Waals surface area contributed by atoms with Crippen LogP contribution in [-0.4, -0.2) is 17.4 Å². The topological polar surface area (TPSA) is 29.5 Å². The van der Waals surface area contributed by atoms with Gasteiger partial charge in [-0.3, -0.25) is 4.79 Å². The number of nitrogens with zero attached hydrogens (tertiary/aromatic N) is 1. The molecule has 0 fully saturated rings. The van der Waals surface area contributed by atoms with E-state index in [1.54, 1.807) is 11.3 Å². The zero-order valence-electron chi connectivity index (χ0n) is 13.1. The molecule has 4 heteroatoms. The van der Waals surface area contributed by atoms with Crippen LogP contribution >= 0.6 is 11.3 Å². The highest BCUT2D eigenvalue weighted by Crippen LogP contribution is 2.26. The molecule has 4 rings (SSSR count). The summed E-state index contributed by atoms with van der Waals surface area (Å²) in [7, 11) is 0. The first-order valence-corrected chi connectivity index (χ1v) is 8.85. The monoisotopic (exact) mass is 335 g/mol. The fourth-order valence-corrected chi connectivity index (χ4v) is 3.78. The van der Waals surface area contributed by atoms with Crippen molar-refractivity contribution in [3.8, 4) is 11.5 Å². The van der Waals surface area contributed by atoms with E-state index in [1.807, 2.05) is 59.5 Å². The Bertz CT molecular complexity index is 840. The van der Waals surface area contributed by atoms with Gasteiger partial charge in [0.25, 0.3) is 5.91 Å². The molecule has 0 saturated heterocycles. The average Bonchev–Trinajstić information content (AvgIpc) is 3.10. The molecule has 24 heavy (non-hydrogen) atoms. The van der Waals surface area contributed by atoms with E-state index in [-0.39, 0.29) is 5.91 Å². The van der Waals surface area contributed by atoms with Gasteiger partial charge in [0.05, 0.1) is 0 Å². The lowest BCUT2D eigenvalue weighted by Crippen LogP contribution is -2.35. The first kappa shape index (κ1) is 15.0.